The number of carbonyl (C=O) groups excluding carboxylic acids is 1. The zero-order chi connectivity index (χ0) is 14.4. The monoisotopic (exact) mass is 271 g/mol. The van der Waals surface area contributed by atoms with E-state index in [4.69, 9.17) is 4.74 Å². The van der Waals surface area contributed by atoms with Crippen LogP contribution >= 0.6 is 0 Å². The molecule has 0 bridgehead atoms. The molecule has 2 rings (SSSR count). The topological polar surface area (TPSA) is 38.3 Å². The average Bonchev–Trinajstić information content (AvgIpc) is 2.48. The Bertz CT molecular complexity index is 606. The summed E-state index contributed by atoms with van der Waals surface area (Å²) in [6.45, 7) is 1.64. The Hall–Kier alpha value is -2.62. The molecule has 2 aromatic carbocycles. The Balaban J connectivity index is 1.96. The Morgan fingerprint density at radius 1 is 1.10 bits per heavy atom. The van der Waals surface area contributed by atoms with Crippen LogP contribution in [0.3, 0.4) is 0 Å². The lowest BCUT2D eigenvalue weighted by molar-refractivity contribution is -0.112. The number of rotatable bonds is 4. The third-order valence-corrected chi connectivity index (χ3v) is 2.58. The third kappa shape index (κ3) is 3.95. The van der Waals surface area contributed by atoms with Crippen molar-refractivity contribution in [1.82, 2.24) is 0 Å². The summed E-state index contributed by atoms with van der Waals surface area (Å²) in [5.41, 5.74) is 0.946. The Kier molecular flexibility index (Phi) is 4.50. The number of hydrogen-bond acceptors (Lipinski definition) is 2. The molecule has 0 radical (unpaired) electrons. The van der Waals surface area contributed by atoms with Crippen molar-refractivity contribution in [2.45, 2.75) is 6.92 Å². The fraction of sp³-hybridized carbons (Fsp3) is 0.0625. The summed E-state index contributed by atoms with van der Waals surface area (Å²) < 4.78 is 18.1. The summed E-state index contributed by atoms with van der Waals surface area (Å²) in [7, 11) is 0. The first kappa shape index (κ1) is 13.8. The molecular weight excluding hydrogens is 257 g/mol. The second-order valence-electron chi connectivity index (χ2n) is 4.19. The number of benzene rings is 2. The lowest BCUT2D eigenvalue weighted by Gasteiger charge is -2.06. The zero-order valence-electron chi connectivity index (χ0n) is 11.0. The molecular formula is C16H14FNO2. The van der Waals surface area contributed by atoms with Crippen LogP contribution in [-0.2, 0) is 4.79 Å². The van der Waals surface area contributed by atoms with Crippen LogP contribution in [0.2, 0.25) is 0 Å². The van der Waals surface area contributed by atoms with Gasteiger partial charge < -0.3 is 10.1 Å². The summed E-state index contributed by atoms with van der Waals surface area (Å²) in [6, 6.07) is 14.7. The minimum Gasteiger partial charge on any atom is -0.465 e. The van der Waals surface area contributed by atoms with Crippen LogP contribution in [0.4, 0.5) is 10.1 Å². The number of nitrogens with one attached hydrogen (secondary N) is 1. The SMILES string of the molecule is CC(=COc1ccccc1)C(=O)Nc1ccc(F)cc1. The van der Waals surface area contributed by atoms with Gasteiger partial charge in [0.05, 0.1) is 6.26 Å². The van der Waals surface area contributed by atoms with Crippen LogP contribution in [0.5, 0.6) is 5.75 Å². The predicted molar refractivity (Wildman–Crippen MR) is 75.9 cm³/mol. The largest absolute Gasteiger partial charge is 0.465 e. The van der Waals surface area contributed by atoms with Crippen molar-refractivity contribution in [3.63, 3.8) is 0 Å². The third-order valence-electron chi connectivity index (χ3n) is 2.58. The van der Waals surface area contributed by atoms with E-state index >= 15 is 0 Å². The molecule has 0 atom stereocenters. The van der Waals surface area contributed by atoms with Crippen molar-refractivity contribution >= 4 is 11.6 Å². The molecule has 0 spiro atoms. The second kappa shape index (κ2) is 6.52. The van der Waals surface area contributed by atoms with Crippen LogP contribution in [0.25, 0.3) is 0 Å². The summed E-state index contributed by atoms with van der Waals surface area (Å²) in [4.78, 5) is 11.9. The van der Waals surface area contributed by atoms with Crippen LogP contribution in [0.15, 0.2) is 66.4 Å². The number of para-hydroxylation sites is 1. The van der Waals surface area contributed by atoms with Gasteiger partial charge in [0.2, 0.25) is 0 Å². The minimum atomic E-state index is -0.345. The molecule has 0 saturated heterocycles. The normalized spacial score (nSPS) is 11.0. The standard InChI is InChI=1S/C16H14FNO2/c1-12(11-20-15-5-3-2-4-6-15)16(19)18-14-9-7-13(17)8-10-14/h2-11H,1H3,(H,18,19). The molecule has 1 N–H and O–H groups in total. The first-order valence-electron chi connectivity index (χ1n) is 6.10. The predicted octanol–water partition coefficient (Wildman–Crippen LogP) is 3.75. The molecule has 0 saturated carbocycles. The van der Waals surface area contributed by atoms with Crippen molar-refractivity contribution in [3.05, 3.63) is 72.2 Å². The van der Waals surface area contributed by atoms with E-state index in [9.17, 15) is 9.18 Å². The van der Waals surface area contributed by atoms with E-state index in [-0.39, 0.29) is 11.7 Å². The minimum absolute atomic E-state index is 0.299. The fourth-order valence-electron chi connectivity index (χ4n) is 1.47. The number of ether oxygens (including phenoxy) is 1. The molecule has 0 fully saturated rings. The van der Waals surface area contributed by atoms with Gasteiger partial charge in [-0.15, -0.1) is 0 Å². The molecule has 0 aromatic heterocycles. The Morgan fingerprint density at radius 2 is 1.75 bits per heavy atom. The van der Waals surface area contributed by atoms with Gasteiger partial charge in [0, 0.05) is 11.3 Å². The van der Waals surface area contributed by atoms with Crippen molar-refractivity contribution in [2.24, 2.45) is 0 Å². The summed E-state index contributed by atoms with van der Waals surface area (Å²) in [5, 5.41) is 2.65. The maximum Gasteiger partial charge on any atom is 0.254 e. The van der Waals surface area contributed by atoms with E-state index in [0.29, 0.717) is 17.0 Å². The average molecular weight is 271 g/mol. The summed E-state index contributed by atoms with van der Waals surface area (Å²) >= 11 is 0. The molecule has 0 aliphatic rings. The number of hydrogen-bond donors (Lipinski definition) is 1. The molecule has 3 nitrogen and oxygen atoms in total. The van der Waals surface area contributed by atoms with Crippen LogP contribution in [0.1, 0.15) is 6.92 Å². The van der Waals surface area contributed by atoms with Gasteiger partial charge in [-0.3, -0.25) is 4.79 Å². The first-order chi connectivity index (χ1) is 9.65. The molecule has 1 amide bonds. The molecule has 0 aliphatic heterocycles. The van der Waals surface area contributed by atoms with Crippen molar-refractivity contribution in [1.29, 1.82) is 0 Å². The smallest absolute Gasteiger partial charge is 0.254 e. The van der Waals surface area contributed by atoms with Gasteiger partial charge in [-0.2, -0.15) is 0 Å². The van der Waals surface area contributed by atoms with Gasteiger partial charge in [-0.05, 0) is 43.3 Å². The highest BCUT2D eigenvalue weighted by molar-refractivity contribution is 6.03. The molecule has 2 aromatic rings. The second-order valence-corrected chi connectivity index (χ2v) is 4.19. The quantitative estimate of drug-likeness (QED) is 0.679. The van der Waals surface area contributed by atoms with Gasteiger partial charge in [0.15, 0.2) is 0 Å². The lowest BCUT2D eigenvalue weighted by Crippen LogP contribution is -2.13. The first-order valence-corrected chi connectivity index (χ1v) is 6.10. The Morgan fingerprint density at radius 3 is 2.40 bits per heavy atom. The highest BCUT2D eigenvalue weighted by Gasteiger charge is 2.05. The molecule has 20 heavy (non-hydrogen) atoms. The molecule has 0 unspecified atom stereocenters. The molecule has 0 heterocycles. The number of carbonyl (C=O) groups is 1. The summed E-state index contributed by atoms with van der Waals surface area (Å²) in [5.74, 6) is 0.0108. The van der Waals surface area contributed by atoms with E-state index < -0.39 is 0 Å². The van der Waals surface area contributed by atoms with E-state index in [1.54, 1.807) is 19.1 Å². The van der Waals surface area contributed by atoms with E-state index in [2.05, 4.69) is 5.32 Å². The van der Waals surface area contributed by atoms with E-state index in [1.807, 2.05) is 18.2 Å². The van der Waals surface area contributed by atoms with Crippen LogP contribution in [0, 0.1) is 5.82 Å². The van der Waals surface area contributed by atoms with Gasteiger partial charge >= 0.3 is 0 Å². The maximum atomic E-state index is 12.7. The number of halogens is 1. The fourth-order valence-corrected chi connectivity index (χ4v) is 1.47. The highest BCUT2D eigenvalue weighted by Crippen LogP contribution is 2.12. The summed E-state index contributed by atoms with van der Waals surface area (Å²) in [6.07, 6.45) is 1.38. The van der Waals surface area contributed by atoms with Gasteiger partial charge in [0.1, 0.15) is 11.6 Å². The van der Waals surface area contributed by atoms with Crippen molar-refractivity contribution in [3.8, 4) is 5.75 Å². The highest BCUT2D eigenvalue weighted by atomic mass is 19.1. The van der Waals surface area contributed by atoms with Gasteiger partial charge in [-0.1, -0.05) is 18.2 Å². The van der Waals surface area contributed by atoms with E-state index in [1.165, 1.54) is 30.5 Å². The van der Waals surface area contributed by atoms with Crippen LogP contribution in [-0.4, -0.2) is 5.91 Å². The van der Waals surface area contributed by atoms with Gasteiger partial charge in [0.25, 0.3) is 5.91 Å². The van der Waals surface area contributed by atoms with E-state index in [0.717, 1.165) is 0 Å². The zero-order valence-corrected chi connectivity index (χ0v) is 11.0. The molecule has 102 valence electrons. The maximum absolute atomic E-state index is 12.7. The molecule has 4 heteroatoms. The number of anilines is 1. The Labute approximate surface area is 116 Å². The van der Waals surface area contributed by atoms with Crippen molar-refractivity contribution < 1.29 is 13.9 Å². The van der Waals surface area contributed by atoms with Gasteiger partial charge in [-0.25, -0.2) is 4.39 Å². The van der Waals surface area contributed by atoms with Crippen molar-refractivity contribution in [2.75, 3.05) is 5.32 Å². The number of amides is 1. The van der Waals surface area contributed by atoms with Crippen LogP contribution < -0.4 is 10.1 Å². The lowest BCUT2D eigenvalue weighted by atomic mass is 10.2. The molecule has 0 aliphatic carbocycles.